The third-order valence-electron chi connectivity index (χ3n) is 3.53. The lowest BCUT2D eigenvalue weighted by Gasteiger charge is -2.08. The normalized spacial score (nSPS) is 19.3. The van der Waals surface area contributed by atoms with E-state index in [-0.39, 0.29) is 11.8 Å². The second-order valence-electron chi connectivity index (χ2n) is 4.63. The van der Waals surface area contributed by atoms with Gasteiger partial charge in [0.05, 0.1) is 13.2 Å². The van der Waals surface area contributed by atoms with Gasteiger partial charge < -0.3 is 15.0 Å². The number of nitrogens with one attached hydrogen (secondary N) is 2. The number of hydrogen-bond acceptors (Lipinski definition) is 3. The van der Waals surface area contributed by atoms with Crippen molar-refractivity contribution in [3.05, 3.63) is 30.0 Å². The second kappa shape index (κ2) is 4.46. The number of aromatic amines is 1. The SMILES string of the molecule is COc1ccc2[nH]cc(C(=O)[C@H]3CCCN3)c2c1. The van der Waals surface area contributed by atoms with Crippen molar-refractivity contribution in [2.45, 2.75) is 18.9 Å². The van der Waals surface area contributed by atoms with Crippen LogP contribution in [0.1, 0.15) is 23.2 Å². The molecule has 18 heavy (non-hydrogen) atoms. The van der Waals surface area contributed by atoms with E-state index in [1.807, 2.05) is 18.2 Å². The first kappa shape index (κ1) is 11.3. The molecule has 1 fully saturated rings. The standard InChI is InChI=1S/C14H16N2O2/c1-18-9-4-5-12-10(7-9)11(8-16-12)14(17)13-3-2-6-15-13/h4-5,7-8,13,15-16H,2-3,6H2,1H3/t13-/m1/s1. The summed E-state index contributed by atoms with van der Waals surface area (Å²) < 4.78 is 5.21. The van der Waals surface area contributed by atoms with E-state index in [1.165, 1.54) is 0 Å². The van der Waals surface area contributed by atoms with Crippen molar-refractivity contribution < 1.29 is 9.53 Å². The average Bonchev–Trinajstić information content (AvgIpc) is 3.06. The highest BCUT2D eigenvalue weighted by Crippen LogP contribution is 2.25. The van der Waals surface area contributed by atoms with Crippen LogP contribution in [0.4, 0.5) is 0 Å². The lowest BCUT2D eigenvalue weighted by Crippen LogP contribution is -2.30. The highest BCUT2D eigenvalue weighted by Gasteiger charge is 2.25. The van der Waals surface area contributed by atoms with Crippen molar-refractivity contribution in [1.82, 2.24) is 10.3 Å². The van der Waals surface area contributed by atoms with E-state index in [9.17, 15) is 4.79 Å². The van der Waals surface area contributed by atoms with E-state index in [0.717, 1.165) is 41.6 Å². The van der Waals surface area contributed by atoms with Gasteiger partial charge in [-0.15, -0.1) is 0 Å². The van der Waals surface area contributed by atoms with Crippen LogP contribution in [0.15, 0.2) is 24.4 Å². The first-order chi connectivity index (χ1) is 8.79. The molecule has 0 bridgehead atoms. The van der Waals surface area contributed by atoms with Crippen LogP contribution in [0.3, 0.4) is 0 Å². The highest BCUT2D eigenvalue weighted by molar-refractivity contribution is 6.10. The molecular weight excluding hydrogens is 228 g/mol. The third-order valence-corrected chi connectivity index (χ3v) is 3.53. The van der Waals surface area contributed by atoms with Crippen molar-refractivity contribution in [3.8, 4) is 5.75 Å². The molecule has 1 aromatic carbocycles. The minimum atomic E-state index is -0.0322. The molecule has 1 atom stereocenters. The number of hydrogen-bond donors (Lipinski definition) is 2. The zero-order valence-corrected chi connectivity index (χ0v) is 10.3. The van der Waals surface area contributed by atoms with Crippen LogP contribution in [0.2, 0.25) is 0 Å². The Balaban J connectivity index is 2.02. The molecule has 0 radical (unpaired) electrons. The number of carbonyl (C=O) groups is 1. The molecule has 2 heterocycles. The van der Waals surface area contributed by atoms with Crippen LogP contribution >= 0.6 is 0 Å². The molecule has 1 saturated heterocycles. The van der Waals surface area contributed by atoms with Crippen molar-refractivity contribution in [3.63, 3.8) is 0 Å². The number of Topliss-reactive ketones (excluding diaryl/α,β-unsaturated/α-hetero) is 1. The summed E-state index contributed by atoms with van der Waals surface area (Å²) in [6.07, 6.45) is 3.80. The molecule has 1 aliphatic rings. The molecule has 2 aromatic rings. The molecule has 1 aliphatic heterocycles. The summed E-state index contributed by atoms with van der Waals surface area (Å²) in [5.74, 6) is 0.947. The van der Waals surface area contributed by atoms with Crippen molar-refractivity contribution in [2.75, 3.05) is 13.7 Å². The number of rotatable bonds is 3. The van der Waals surface area contributed by atoms with Crippen LogP contribution < -0.4 is 10.1 Å². The van der Waals surface area contributed by atoms with Crippen molar-refractivity contribution in [2.24, 2.45) is 0 Å². The molecule has 94 valence electrons. The zero-order valence-electron chi connectivity index (χ0n) is 10.3. The van der Waals surface area contributed by atoms with Crippen LogP contribution in [-0.4, -0.2) is 30.5 Å². The number of methoxy groups -OCH3 is 1. The van der Waals surface area contributed by atoms with Gasteiger partial charge in [0, 0.05) is 22.7 Å². The Kier molecular flexibility index (Phi) is 2.80. The fourth-order valence-electron chi connectivity index (χ4n) is 2.53. The van der Waals surface area contributed by atoms with E-state index < -0.39 is 0 Å². The predicted molar refractivity (Wildman–Crippen MR) is 70.2 cm³/mol. The molecule has 4 heteroatoms. The first-order valence-corrected chi connectivity index (χ1v) is 6.22. The van der Waals surface area contributed by atoms with Gasteiger partial charge in [0.1, 0.15) is 5.75 Å². The Morgan fingerprint density at radius 3 is 3.06 bits per heavy atom. The van der Waals surface area contributed by atoms with Gasteiger partial charge in [-0.3, -0.25) is 4.79 Å². The number of carbonyl (C=O) groups excluding carboxylic acids is 1. The first-order valence-electron chi connectivity index (χ1n) is 6.22. The number of benzene rings is 1. The van der Waals surface area contributed by atoms with E-state index >= 15 is 0 Å². The Bertz CT molecular complexity index is 582. The zero-order chi connectivity index (χ0) is 12.5. The average molecular weight is 244 g/mol. The number of fused-ring (bicyclic) bond motifs is 1. The summed E-state index contributed by atoms with van der Waals surface area (Å²) in [4.78, 5) is 15.5. The second-order valence-corrected chi connectivity index (χ2v) is 4.63. The number of ether oxygens (including phenoxy) is 1. The molecule has 2 N–H and O–H groups in total. The lowest BCUT2D eigenvalue weighted by molar-refractivity contribution is 0.0954. The lowest BCUT2D eigenvalue weighted by atomic mass is 10.0. The Labute approximate surface area is 105 Å². The summed E-state index contributed by atoms with van der Waals surface area (Å²) in [7, 11) is 1.63. The molecule has 0 spiro atoms. The maximum atomic E-state index is 12.4. The Morgan fingerprint density at radius 2 is 2.33 bits per heavy atom. The summed E-state index contributed by atoms with van der Waals surface area (Å²) in [6, 6.07) is 5.71. The van der Waals surface area contributed by atoms with E-state index in [1.54, 1.807) is 13.3 Å². The molecule has 3 rings (SSSR count). The van der Waals surface area contributed by atoms with Gasteiger partial charge in [-0.25, -0.2) is 0 Å². The van der Waals surface area contributed by atoms with Gasteiger partial charge in [0.25, 0.3) is 0 Å². The largest absolute Gasteiger partial charge is 0.497 e. The highest BCUT2D eigenvalue weighted by atomic mass is 16.5. The van der Waals surface area contributed by atoms with E-state index in [4.69, 9.17) is 4.74 Å². The fourth-order valence-corrected chi connectivity index (χ4v) is 2.53. The smallest absolute Gasteiger partial charge is 0.181 e. The summed E-state index contributed by atoms with van der Waals surface area (Å²) in [5, 5.41) is 4.18. The molecule has 0 saturated carbocycles. The van der Waals surface area contributed by atoms with Crippen LogP contribution in [-0.2, 0) is 0 Å². The van der Waals surface area contributed by atoms with Crippen LogP contribution in [0, 0.1) is 0 Å². The molecule has 1 aromatic heterocycles. The third kappa shape index (κ3) is 1.78. The maximum absolute atomic E-state index is 12.4. The van der Waals surface area contributed by atoms with Gasteiger partial charge in [0.2, 0.25) is 0 Å². The summed E-state index contributed by atoms with van der Waals surface area (Å²) >= 11 is 0. The Hall–Kier alpha value is -1.81. The minimum absolute atomic E-state index is 0.0322. The van der Waals surface area contributed by atoms with E-state index in [0.29, 0.717) is 0 Å². The van der Waals surface area contributed by atoms with Crippen molar-refractivity contribution >= 4 is 16.7 Å². The predicted octanol–water partition coefficient (Wildman–Crippen LogP) is 2.11. The molecule has 4 nitrogen and oxygen atoms in total. The minimum Gasteiger partial charge on any atom is -0.497 e. The number of aromatic nitrogens is 1. The number of ketones is 1. The molecule has 0 unspecified atom stereocenters. The Morgan fingerprint density at radius 1 is 1.44 bits per heavy atom. The topological polar surface area (TPSA) is 54.1 Å². The van der Waals surface area contributed by atoms with E-state index in [2.05, 4.69) is 10.3 Å². The van der Waals surface area contributed by atoms with Gasteiger partial charge in [-0.05, 0) is 37.6 Å². The monoisotopic (exact) mass is 244 g/mol. The quantitative estimate of drug-likeness (QED) is 0.813. The fraction of sp³-hybridized carbons (Fsp3) is 0.357. The van der Waals surface area contributed by atoms with Gasteiger partial charge in [-0.2, -0.15) is 0 Å². The maximum Gasteiger partial charge on any atom is 0.181 e. The number of H-pyrrole nitrogens is 1. The molecular formula is C14H16N2O2. The van der Waals surface area contributed by atoms with Gasteiger partial charge >= 0.3 is 0 Å². The molecule has 0 amide bonds. The molecule has 0 aliphatic carbocycles. The van der Waals surface area contributed by atoms with Crippen LogP contribution in [0.5, 0.6) is 5.75 Å². The van der Waals surface area contributed by atoms with Gasteiger partial charge in [0.15, 0.2) is 5.78 Å². The summed E-state index contributed by atoms with van der Waals surface area (Å²) in [6.45, 7) is 0.933. The van der Waals surface area contributed by atoms with Crippen LogP contribution in [0.25, 0.3) is 10.9 Å². The van der Waals surface area contributed by atoms with Gasteiger partial charge in [-0.1, -0.05) is 0 Å². The summed E-state index contributed by atoms with van der Waals surface area (Å²) in [5.41, 5.74) is 1.72. The van der Waals surface area contributed by atoms with Crippen molar-refractivity contribution in [1.29, 1.82) is 0 Å².